The van der Waals surface area contributed by atoms with Crippen molar-refractivity contribution in [2.24, 2.45) is 0 Å². The lowest BCUT2D eigenvalue weighted by Gasteiger charge is -1.93. The van der Waals surface area contributed by atoms with Gasteiger partial charge in [-0.1, -0.05) is 0 Å². The summed E-state index contributed by atoms with van der Waals surface area (Å²) in [7, 11) is 0. The van der Waals surface area contributed by atoms with Gasteiger partial charge in [0, 0.05) is 12.4 Å². The average Bonchev–Trinajstić information content (AvgIpc) is 2.67. The van der Waals surface area contributed by atoms with Crippen molar-refractivity contribution in [3.05, 3.63) is 36.5 Å². The molecule has 0 amide bonds. The molecule has 0 bridgehead atoms. The van der Waals surface area contributed by atoms with Crippen LogP contribution in [0, 0.1) is 0 Å². The molecular formula is C9H6N2O2S. The first kappa shape index (κ1) is 8.96. The largest absolute Gasteiger partial charge is 0.447 e. The van der Waals surface area contributed by atoms with E-state index in [0.29, 0.717) is 17.1 Å². The highest BCUT2D eigenvalue weighted by Crippen LogP contribution is 2.26. The fourth-order valence-electron chi connectivity index (χ4n) is 0.894. The van der Waals surface area contributed by atoms with Crippen LogP contribution in [0.3, 0.4) is 0 Å². The van der Waals surface area contributed by atoms with Crippen LogP contribution in [0.2, 0.25) is 0 Å². The van der Waals surface area contributed by atoms with E-state index in [1.165, 1.54) is 11.8 Å². The van der Waals surface area contributed by atoms with Gasteiger partial charge in [0.05, 0.1) is 6.20 Å². The quantitative estimate of drug-likeness (QED) is 0.719. The van der Waals surface area contributed by atoms with Crippen LogP contribution in [-0.2, 0) is 0 Å². The second-order valence-corrected chi connectivity index (χ2v) is 3.45. The number of hydrogen-bond donors (Lipinski definition) is 0. The fraction of sp³-hybridized carbons (Fsp3) is 0. The SMILES string of the molecule is O=Cc1ccc(Sc2cnccn2)o1. The summed E-state index contributed by atoms with van der Waals surface area (Å²) in [5, 5.41) is 1.37. The molecule has 5 heteroatoms. The van der Waals surface area contributed by atoms with E-state index in [1.807, 2.05) is 0 Å². The number of hydrogen-bond acceptors (Lipinski definition) is 5. The minimum Gasteiger partial charge on any atom is -0.447 e. The highest BCUT2D eigenvalue weighted by molar-refractivity contribution is 7.99. The van der Waals surface area contributed by atoms with Crippen molar-refractivity contribution < 1.29 is 9.21 Å². The van der Waals surface area contributed by atoms with Crippen molar-refractivity contribution >= 4 is 18.0 Å². The third-order valence-electron chi connectivity index (χ3n) is 1.46. The summed E-state index contributed by atoms with van der Waals surface area (Å²) in [6.45, 7) is 0. The van der Waals surface area contributed by atoms with Gasteiger partial charge in [-0.05, 0) is 23.9 Å². The number of nitrogens with zero attached hydrogens (tertiary/aromatic N) is 2. The van der Waals surface area contributed by atoms with E-state index in [-0.39, 0.29) is 0 Å². The van der Waals surface area contributed by atoms with Gasteiger partial charge in [0.1, 0.15) is 5.03 Å². The molecule has 0 radical (unpaired) electrons. The van der Waals surface area contributed by atoms with Gasteiger partial charge in [0.25, 0.3) is 0 Å². The van der Waals surface area contributed by atoms with Crippen LogP contribution < -0.4 is 0 Å². The molecule has 70 valence electrons. The summed E-state index contributed by atoms with van der Waals surface area (Å²) in [5.74, 6) is 0.316. The topological polar surface area (TPSA) is 56.0 Å². The second kappa shape index (κ2) is 4.06. The molecule has 0 N–H and O–H groups in total. The Bertz CT molecular complexity index is 427. The zero-order valence-corrected chi connectivity index (χ0v) is 7.90. The Morgan fingerprint density at radius 1 is 1.36 bits per heavy atom. The molecule has 0 unspecified atom stereocenters. The molecule has 2 rings (SSSR count). The first-order valence-corrected chi connectivity index (χ1v) is 4.69. The zero-order chi connectivity index (χ0) is 9.80. The highest BCUT2D eigenvalue weighted by Gasteiger charge is 2.03. The van der Waals surface area contributed by atoms with Crippen LogP contribution in [0.15, 0.2) is 45.3 Å². The number of rotatable bonds is 3. The molecule has 2 aromatic heterocycles. The van der Waals surface area contributed by atoms with Crippen LogP contribution in [0.5, 0.6) is 0 Å². The molecule has 0 aliphatic rings. The molecule has 0 saturated heterocycles. The Kier molecular flexibility index (Phi) is 2.60. The van der Waals surface area contributed by atoms with Crippen molar-refractivity contribution in [2.45, 2.75) is 10.1 Å². The average molecular weight is 206 g/mol. The standard InChI is InChI=1S/C9H6N2O2S/c12-6-7-1-2-9(13-7)14-8-5-10-3-4-11-8/h1-6H. The van der Waals surface area contributed by atoms with Crippen molar-refractivity contribution in [3.63, 3.8) is 0 Å². The minimum atomic E-state index is 0.316. The van der Waals surface area contributed by atoms with E-state index in [4.69, 9.17) is 4.42 Å². The molecule has 0 atom stereocenters. The Labute approximate surface area is 84.4 Å². The van der Waals surface area contributed by atoms with E-state index >= 15 is 0 Å². The van der Waals surface area contributed by atoms with Crippen molar-refractivity contribution in [2.75, 3.05) is 0 Å². The van der Waals surface area contributed by atoms with Gasteiger partial charge in [-0.3, -0.25) is 9.78 Å². The monoisotopic (exact) mass is 206 g/mol. The molecule has 2 heterocycles. The van der Waals surface area contributed by atoms with Gasteiger partial charge < -0.3 is 4.42 Å². The lowest BCUT2D eigenvalue weighted by Crippen LogP contribution is -1.78. The summed E-state index contributed by atoms with van der Waals surface area (Å²) < 4.78 is 5.16. The van der Waals surface area contributed by atoms with Gasteiger partial charge in [-0.15, -0.1) is 0 Å². The van der Waals surface area contributed by atoms with Crippen LogP contribution in [0.1, 0.15) is 10.6 Å². The Hall–Kier alpha value is -1.62. The molecule has 2 aromatic rings. The third-order valence-corrected chi connectivity index (χ3v) is 2.30. The second-order valence-electron chi connectivity index (χ2n) is 2.42. The van der Waals surface area contributed by atoms with Crippen LogP contribution in [-0.4, -0.2) is 16.3 Å². The van der Waals surface area contributed by atoms with Crippen LogP contribution >= 0.6 is 11.8 Å². The number of furan rings is 1. The van der Waals surface area contributed by atoms with Crippen LogP contribution in [0.4, 0.5) is 0 Å². The third kappa shape index (κ3) is 2.00. The number of carbonyl (C=O) groups excluding carboxylic acids is 1. The van der Waals surface area contributed by atoms with Crippen molar-refractivity contribution in [3.8, 4) is 0 Å². The Morgan fingerprint density at radius 3 is 2.93 bits per heavy atom. The molecule has 0 aliphatic carbocycles. The van der Waals surface area contributed by atoms with Gasteiger partial charge in [-0.25, -0.2) is 4.98 Å². The van der Waals surface area contributed by atoms with E-state index in [2.05, 4.69) is 9.97 Å². The van der Waals surface area contributed by atoms with Crippen molar-refractivity contribution in [1.82, 2.24) is 9.97 Å². The minimum absolute atomic E-state index is 0.316. The molecule has 0 aromatic carbocycles. The predicted molar refractivity (Wildman–Crippen MR) is 50.3 cm³/mol. The number of carbonyl (C=O) groups is 1. The first-order chi connectivity index (χ1) is 6.88. The van der Waals surface area contributed by atoms with Gasteiger partial charge in [0.2, 0.25) is 0 Å². The maximum atomic E-state index is 10.3. The summed E-state index contributed by atoms with van der Waals surface area (Å²) in [6, 6.07) is 3.34. The number of aromatic nitrogens is 2. The molecule has 0 saturated carbocycles. The van der Waals surface area contributed by atoms with Crippen LogP contribution in [0.25, 0.3) is 0 Å². The van der Waals surface area contributed by atoms with Gasteiger partial charge in [-0.2, -0.15) is 0 Å². The van der Waals surface area contributed by atoms with Gasteiger partial charge >= 0.3 is 0 Å². The molecular weight excluding hydrogens is 200 g/mol. The lowest BCUT2D eigenvalue weighted by atomic mass is 10.5. The summed E-state index contributed by atoms with van der Waals surface area (Å²) in [6.07, 6.45) is 5.50. The van der Waals surface area contributed by atoms with Gasteiger partial charge in [0.15, 0.2) is 17.1 Å². The predicted octanol–water partition coefficient (Wildman–Crippen LogP) is 2.03. The van der Waals surface area contributed by atoms with E-state index < -0.39 is 0 Å². The van der Waals surface area contributed by atoms with E-state index in [9.17, 15) is 4.79 Å². The molecule has 4 nitrogen and oxygen atoms in total. The fourth-order valence-corrected chi connectivity index (χ4v) is 1.60. The molecule has 0 aliphatic heterocycles. The normalized spacial score (nSPS) is 10.0. The number of aldehydes is 1. The van der Waals surface area contributed by atoms with Crippen molar-refractivity contribution in [1.29, 1.82) is 0 Å². The Morgan fingerprint density at radius 2 is 2.29 bits per heavy atom. The Balaban J connectivity index is 2.15. The maximum absolute atomic E-state index is 10.3. The molecule has 0 spiro atoms. The highest BCUT2D eigenvalue weighted by atomic mass is 32.2. The zero-order valence-electron chi connectivity index (χ0n) is 7.08. The summed E-state index contributed by atoms with van der Waals surface area (Å²) >= 11 is 1.32. The van der Waals surface area contributed by atoms with E-state index in [0.717, 1.165) is 5.03 Å². The summed E-state index contributed by atoms with van der Waals surface area (Å²) in [5.41, 5.74) is 0. The first-order valence-electron chi connectivity index (χ1n) is 3.87. The summed E-state index contributed by atoms with van der Waals surface area (Å²) in [4.78, 5) is 18.3. The maximum Gasteiger partial charge on any atom is 0.185 e. The molecule has 14 heavy (non-hydrogen) atoms. The molecule has 0 fully saturated rings. The smallest absolute Gasteiger partial charge is 0.185 e. The lowest BCUT2D eigenvalue weighted by molar-refractivity contribution is 0.109. The van der Waals surface area contributed by atoms with E-state index in [1.54, 1.807) is 30.7 Å².